The number of halogens is 2. The average Bonchev–Trinajstić information content (AvgIpc) is 3.32. The highest BCUT2D eigenvalue weighted by atomic mass is 35.5. The smallest absolute Gasteiger partial charge is 0.248 e. The number of hydrogen-bond donors (Lipinski definition) is 2. The number of carbonyl (C=O) groups is 1. The lowest BCUT2D eigenvalue weighted by Gasteiger charge is -2.14. The van der Waals surface area contributed by atoms with Gasteiger partial charge in [-0.15, -0.1) is 10.2 Å². The fraction of sp³-hybridized carbons (Fsp3) is 0.250. The summed E-state index contributed by atoms with van der Waals surface area (Å²) in [5.41, 5.74) is 2.21. The van der Waals surface area contributed by atoms with Gasteiger partial charge in [0.15, 0.2) is 0 Å². The minimum Gasteiger partial charge on any atom is -1.00 e. The molecule has 0 bridgehead atoms. The molecule has 146 valence electrons. The monoisotopic (exact) mass is 418 g/mol. The molecule has 6 nitrogen and oxygen atoms in total. The summed E-state index contributed by atoms with van der Waals surface area (Å²) in [6.45, 7) is 0. The van der Waals surface area contributed by atoms with E-state index in [0.29, 0.717) is 28.9 Å². The van der Waals surface area contributed by atoms with Crippen molar-refractivity contribution >= 4 is 23.2 Å². The third-order valence-corrected chi connectivity index (χ3v) is 4.98. The van der Waals surface area contributed by atoms with Crippen molar-refractivity contribution < 1.29 is 26.7 Å². The van der Waals surface area contributed by atoms with Gasteiger partial charge in [0.1, 0.15) is 0 Å². The van der Waals surface area contributed by atoms with Gasteiger partial charge in [-0.2, -0.15) is 0 Å². The van der Waals surface area contributed by atoms with Crippen LogP contribution in [0.2, 0.25) is 5.02 Å². The van der Waals surface area contributed by atoms with Crippen LogP contribution in [0.4, 0.5) is 5.69 Å². The quantitative estimate of drug-likeness (QED) is 0.663. The summed E-state index contributed by atoms with van der Waals surface area (Å²) >= 11 is 5.89. The number of hydrogen-bond acceptors (Lipinski definition) is 5. The second kappa shape index (κ2) is 8.73. The van der Waals surface area contributed by atoms with Crippen LogP contribution in [-0.4, -0.2) is 27.3 Å². The number of nitrogens with zero attached hydrogens (tertiary/aromatic N) is 2. The van der Waals surface area contributed by atoms with Crippen molar-refractivity contribution in [3.05, 3.63) is 53.6 Å². The minimum atomic E-state index is -0.547. The number of rotatable bonds is 4. The zero-order valence-electron chi connectivity index (χ0n) is 14.8. The Bertz CT molecular complexity index is 942. The van der Waals surface area contributed by atoms with E-state index in [0.717, 1.165) is 24.0 Å². The van der Waals surface area contributed by atoms with Gasteiger partial charge in [-0.1, -0.05) is 11.6 Å². The highest BCUT2D eigenvalue weighted by Gasteiger charge is 2.31. The molecule has 1 aromatic heterocycles. The third kappa shape index (κ3) is 4.35. The Labute approximate surface area is 173 Å². The average molecular weight is 419 g/mol. The van der Waals surface area contributed by atoms with Crippen LogP contribution in [0.1, 0.15) is 19.3 Å². The maximum atomic E-state index is 12.2. The predicted molar refractivity (Wildman–Crippen MR) is 102 cm³/mol. The van der Waals surface area contributed by atoms with Crippen LogP contribution in [0, 0.1) is 5.92 Å². The Hall–Kier alpha value is -2.41. The zero-order chi connectivity index (χ0) is 18.8. The summed E-state index contributed by atoms with van der Waals surface area (Å²) in [4.78, 5) is 12.2. The predicted octanol–water partition coefficient (Wildman–Crippen LogP) is 1.16. The molecule has 0 spiro atoms. The standard InChI is InChI=1S/C20H18ClN3O3.ClH/c21-14-8-4-12(5-9-14)19-23-24-20(27-19)13-6-10-15(11-7-13)22-18(26)16-2-1-3-17(16)25;/h4-11,16-17,25H,1-3H2,(H,22,26);1H/p-1/t16-,17-;/m0./s1. The first-order valence-corrected chi connectivity index (χ1v) is 9.17. The van der Waals surface area contributed by atoms with Gasteiger partial charge in [0.05, 0.1) is 12.0 Å². The molecule has 2 N–H and O–H groups in total. The lowest BCUT2D eigenvalue weighted by Crippen LogP contribution is -3.00. The molecule has 1 heterocycles. The Morgan fingerprint density at radius 3 is 2.11 bits per heavy atom. The summed E-state index contributed by atoms with van der Waals surface area (Å²) in [5, 5.41) is 21.5. The maximum absolute atomic E-state index is 12.2. The summed E-state index contributed by atoms with van der Waals surface area (Å²) in [5.74, 6) is 0.330. The molecule has 0 radical (unpaired) electrons. The van der Waals surface area contributed by atoms with E-state index in [4.69, 9.17) is 16.0 Å². The highest BCUT2D eigenvalue weighted by Crippen LogP contribution is 2.28. The van der Waals surface area contributed by atoms with Crippen molar-refractivity contribution in [3.63, 3.8) is 0 Å². The summed E-state index contributed by atoms with van der Waals surface area (Å²) in [6, 6.07) is 14.3. The number of benzene rings is 2. The molecule has 2 atom stereocenters. The molecule has 0 unspecified atom stereocenters. The number of nitrogens with one attached hydrogen (secondary N) is 1. The molecule has 0 aliphatic heterocycles. The van der Waals surface area contributed by atoms with E-state index in [2.05, 4.69) is 15.5 Å². The Morgan fingerprint density at radius 1 is 1.00 bits per heavy atom. The first-order chi connectivity index (χ1) is 13.1. The normalized spacial score (nSPS) is 18.5. The van der Waals surface area contributed by atoms with Crippen LogP contribution >= 0.6 is 11.6 Å². The topological polar surface area (TPSA) is 88.3 Å². The number of amides is 1. The lowest BCUT2D eigenvalue weighted by atomic mass is 10.1. The molecule has 1 amide bonds. The first-order valence-electron chi connectivity index (χ1n) is 8.79. The van der Waals surface area contributed by atoms with Gasteiger partial charge in [-0.3, -0.25) is 4.79 Å². The van der Waals surface area contributed by atoms with E-state index in [1.54, 1.807) is 36.4 Å². The van der Waals surface area contributed by atoms with E-state index in [1.165, 1.54) is 0 Å². The molecular formula is C20H18Cl2N3O3-. The number of carbonyl (C=O) groups excluding carboxylic acids is 1. The van der Waals surface area contributed by atoms with Crippen molar-refractivity contribution in [1.82, 2.24) is 10.2 Å². The van der Waals surface area contributed by atoms with Gasteiger partial charge < -0.3 is 27.2 Å². The lowest BCUT2D eigenvalue weighted by molar-refractivity contribution is -0.122. The van der Waals surface area contributed by atoms with Gasteiger partial charge in [0.2, 0.25) is 17.7 Å². The van der Waals surface area contributed by atoms with E-state index in [-0.39, 0.29) is 24.2 Å². The number of aromatic nitrogens is 2. The van der Waals surface area contributed by atoms with Gasteiger partial charge in [-0.25, -0.2) is 0 Å². The molecule has 4 rings (SSSR count). The Morgan fingerprint density at radius 2 is 1.57 bits per heavy atom. The van der Waals surface area contributed by atoms with Crippen molar-refractivity contribution in [2.24, 2.45) is 5.92 Å². The molecule has 8 heteroatoms. The Balaban J connectivity index is 0.00000225. The fourth-order valence-electron chi connectivity index (χ4n) is 3.23. The largest absolute Gasteiger partial charge is 1.00 e. The van der Waals surface area contributed by atoms with E-state index in [1.807, 2.05) is 12.1 Å². The van der Waals surface area contributed by atoms with Crippen molar-refractivity contribution in [2.45, 2.75) is 25.4 Å². The highest BCUT2D eigenvalue weighted by molar-refractivity contribution is 6.30. The van der Waals surface area contributed by atoms with Crippen LogP contribution < -0.4 is 17.7 Å². The molecular weight excluding hydrogens is 401 g/mol. The van der Waals surface area contributed by atoms with E-state index < -0.39 is 6.10 Å². The molecule has 1 aliphatic rings. The molecule has 0 saturated heterocycles. The second-order valence-electron chi connectivity index (χ2n) is 6.59. The van der Waals surface area contributed by atoms with Crippen LogP contribution in [-0.2, 0) is 4.79 Å². The fourth-order valence-corrected chi connectivity index (χ4v) is 3.35. The van der Waals surface area contributed by atoms with Crippen LogP contribution in [0.5, 0.6) is 0 Å². The minimum absolute atomic E-state index is 0. The third-order valence-electron chi connectivity index (χ3n) is 4.73. The molecule has 2 aromatic carbocycles. The van der Waals surface area contributed by atoms with Crippen LogP contribution in [0.3, 0.4) is 0 Å². The van der Waals surface area contributed by atoms with Gasteiger partial charge >= 0.3 is 0 Å². The summed E-state index contributed by atoms with van der Waals surface area (Å²) in [6.07, 6.45) is 1.74. The van der Waals surface area contributed by atoms with E-state index in [9.17, 15) is 9.90 Å². The molecule has 1 fully saturated rings. The number of aliphatic hydroxyl groups excluding tert-OH is 1. The van der Waals surface area contributed by atoms with E-state index >= 15 is 0 Å². The zero-order valence-corrected chi connectivity index (χ0v) is 16.3. The first kappa shape index (κ1) is 20.3. The van der Waals surface area contributed by atoms with Gasteiger partial charge in [0, 0.05) is 21.8 Å². The number of anilines is 1. The maximum Gasteiger partial charge on any atom is 0.248 e. The van der Waals surface area contributed by atoms with Crippen molar-refractivity contribution in [1.29, 1.82) is 0 Å². The summed E-state index contributed by atoms with van der Waals surface area (Å²) in [7, 11) is 0. The molecule has 1 aliphatic carbocycles. The van der Waals surface area contributed by atoms with Crippen molar-refractivity contribution in [3.8, 4) is 22.9 Å². The molecule has 3 aromatic rings. The van der Waals surface area contributed by atoms with Gasteiger partial charge in [-0.05, 0) is 67.8 Å². The molecule has 1 saturated carbocycles. The second-order valence-corrected chi connectivity index (χ2v) is 7.03. The molecule has 28 heavy (non-hydrogen) atoms. The van der Waals surface area contributed by atoms with Crippen LogP contribution in [0.15, 0.2) is 52.9 Å². The number of aliphatic hydroxyl groups is 1. The SMILES string of the molecule is O=C(Nc1ccc(-c2nnc(-c3ccc(Cl)cc3)o2)cc1)[C@H]1CCC[C@@H]1O.[Cl-]. The van der Waals surface area contributed by atoms with Crippen molar-refractivity contribution in [2.75, 3.05) is 5.32 Å². The van der Waals surface area contributed by atoms with Gasteiger partial charge in [0.25, 0.3) is 0 Å². The summed E-state index contributed by atoms with van der Waals surface area (Å²) < 4.78 is 5.73. The van der Waals surface area contributed by atoms with Crippen LogP contribution in [0.25, 0.3) is 22.9 Å². The Kier molecular flexibility index (Phi) is 6.34.